The van der Waals surface area contributed by atoms with Crippen LogP contribution in [0.3, 0.4) is 0 Å². The number of hydrogen-bond acceptors (Lipinski definition) is 5. The lowest BCUT2D eigenvalue weighted by Gasteiger charge is -2.30. The molecule has 1 atom stereocenters. The Morgan fingerprint density at radius 3 is 2.27 bits per heavy atom. The minimum Gasteiger partial charge on any atom is -0.497 e. The van der Waals surface area contributed by atoms with Crippen molar-refractivity contribution in [1.29, 1.82) is 0 Å². The summed E-state index contributed by atoms with van der Waals surface area (Å²) in [4.78, 5) is 28.0. The Labute approximate surface area is 228 Å². The lowest BCUT2D eigenvalue weighted by molar-refractivity contribution is -0.141. The van der Waals surface area contributed by atoms with Crippen LogP contribution in [0.4, 0.5) is 5.69 Å². The monoisotopic (exact) mass is 593 g/mol. The van der Waals surface area contributed by atoms with Crippen LogP contribution in [0.15, 0.2) is 53.0 Å². The summed E-state index contributed by atoms with van der Waals surface area (Å²) >= 11 is 3.43. The average Bonchev–Trinajstić information content (AvgIpc) is 3.38. The number of halogens is 1. The summed E-state index contributed by atoms with van der Waals surface area (Å²) in [6.07, 6.45) is 5.70. The van der Waals surface area contributed by atoms with Crippen molar-refractivity contribution >= 4 is 43.5 Å². The van der Waals surface area contributed by atoms with E-state index in [1.54, 1.807) is 43.2 Å². The van der Waals surface area contributed by atoms with Crippen molar-refractivity contribution in [2.24, 2.45) is 0 Å². The van der Waals surface area contributed by atoms with E-state index in [1.165, 1.54) is 4.31 Å². The van der Waals surface area contributed by atoms with Gasteiger partial charge in [-0.2, -0.15) is 0 Å². The number of benzene rings is 2. The second kappa shape index (κ2) is 13.3. The van der Waals surface area contributed by atoms with E-state index in [2.05, 4.69) is 21.2 Å². The molecule has 0 bridgehead atoms. The first kappa shape index (κ1) is 29.0. The van der Waals surface area contributed by atoms with Crippen LogP contribution in [0.5, 0.6) is 5.75 Å². The van der Waals surface area contributed by atoms with Gasteiger partial charge in [0.2, 0.25) is 21.8 Å². The van der Waals surface area contributed by atoms with E-state index < -0.39 is 16.1 Å². The van der Waals surface area contributed by atoms with Gasteiger partial charge in [0.25, 0.3) is 0 Å². The molecule has 0 aliphatic heterocycles. The van der Waals surface area contributed by atoms with Gasteiger partial charge in [-0.3, -0.25) is 13.9 Å². The van der Waals surface area contributed by atoms with Crippen LogP contribution in [-0.4, -0.2) is 57.1 Å². The van der Waals surface area contributed by atoms with Gasteiger partial charge in [0, 0.05) is 30.0 Å². The zero-order valence-corrected chi connectivity index (χ0v) is 24.1. The Kier molecular flexibility index (Phi) is 10.4. The number of carbonyl (C=O) groups is 2. The number of ether oxygens (including phenoxy) is 1. The molecule has 0 spiro atoms. The molecule has 0 heterocycles. The maximum atomic E-state index is 13.4. The summed E-state index contributed by atoms with van der Waals surface area (Å²) in [5, 5.41) is 3.10. The summed E-state index contributed by atoms with van der Waals surface area (Å²) in [5.74, 6) is 0.273. The minimum absolute atomic E-state index is 0.111. The van der Waals surface area contributed by atoms with E-state index in [-0.39, 0.29) is 30.8 Å². The number of hydrogen-bond donors (Lipinski definition) is 1. The lowest BCUT2D eigenvalue weighted by Crippen LogP contribution is -2.49. The topological polar surface area (TPSA) is 96.0 Å². The summed E-state index contributed by atoms with van der Waals surface area (Å²) in [5.41, 5.74) is 1.42. The molecule has 2 amide bonds. The van der Waals surface area contributed by atoms with Gasteiger partial charge in [-0.05, 0) is 68.1 Å². The Hall–Kier alpha value is -2.59. The van der Waals surface area contributed by atoms with Crippen molar-refractivity contribution in [2.45, 2.75) is 64.1 Å². The molecule has 1 aliphatic rings. The summed E-state index contributed by atoms with van der Waals surface area (Å²) in [7, 11) is -2.01. The predicted molar refractivity (Wildman–Crippen MR) is 149 cm³/mol. The number of anilines is 1. The van der Waals surface area contributed by atoms with E-state index in [0.717, 1.165) is 42.0 Å². The van der Waals surface area contributed by atoms with Crippen molar-refractivity contribution in [3.05, 3.63) is 58.6 Å². The first-order valence-corrected chi connectivity index (χ1v) is 15.2. The van der Waals surface area contributed by atoms with Crippen LogP contribution in [0, 0.1) is 0 Å². The first-order chi connectivity index (χ1) is 17.6. The lowest BCUT2D eigenvalue weighted by atomic mass is 10.1. The van der Waals surface area contributed by atoms with Gasteiger partial charge in [-0.1, -0.05) is 40.9 Å². The molecule has 37 heavy (non-hydrogen) atoms. The van der Waals surface area contributed by atoms with Crippen molar-refractivity contribution in [2.75, 3.05) is 24.2 Å². The van der Waals surface area contributed by atoms with Gasteiger partial charge in [-0.15, -0.1) is 0 Å². The van der Waals surface area contributed by atoms with Crippen LogP contribution in [-0.2, 0) is 26.2 Å². The van der Waals surface area contributed by atoms with Gasteiger partial charge < -0.3 is 15.0 Å². The van der Waals surface area contributed by atoms with Gasteiger partial charge in [-0.25, -0.2) is 8.42 Å². The fraction of sp³-hybridized carbons (Fsp3) is 0.481. The van der Waals surface area contributed by atoms with Crippen LogP contribution in [0.25, 0.3) is 0 Å². The standard InChI is InChI=1S/C27H36BrN3O5S/c1-20(27(33)29-23-7-4-5-8-23)30(19-21-10-12-22(28)13-11-21)26(32)9-6-18-31(37(3,34)35)24-14-16-25(36-2)17-15-24/h10-17,20,23H,4-9,18-19H2,1-3H3,(H,29,33). The molecule has 1 saturated carbocycles. The summed E-state index contributed by atoms with van der Waals surface area (Å²) in [6, 6.07) is 13.9. The molecular formula is C27H36BrN3O5S. The number of methoxy groups -OCH3 is 1. The van der Waals surface area contributed by atoms with E-state index in [4.69, 9.17) is 4.74 Å². The molecule has 8 nitrogen and oxygen atoms in total. The van der Waals surface area contributed by atoms with Gasteiger partial charge in [0.1, 0.15) is 11.8 Å². The maximum absolute atomic E-state index is 13.4. The highest BCUT2D eigenvalue weighted by Crippen LogP contribution is 2.23. The number of carbonyl (C=O) groups excluding carboxylic acids is 2. The molecule has 0 aromatic heterocycles. The number of nitrogens with zero attached hydrogens (tertiary/aromatic N) is 2. The van der Waals surface area contributed by atoms with E-state index >= 15 is 0 Å². The van der Waals surface area contributed by atoms with E-state index in [1.807, 2.05) is 24.3 Å². The van der Waals surface area contributed by atoms with Crippen LogP contribution < -0.4 is 14.4 Å². The highest BCUT2D eigenvalue weighted by molar-refractivity contribution is 9.10. The molecule has 0 radical (unpaired) electrons. The number of amides is 2. The molecule has 1 N–H and O–H groups in total. The van der Waals surface area contributed by atoms with Crippen LogP contribution in [0.2, 0.25) is 0 Å². The van der Waals surface area contributed by atoms with E-state index in [0.29, 0.717) is 24.4 Å². The van der Waals surface area contributed by atoms with Crippen molar-refractivity contribution in [3.8, 4) is 5.75 Å². The van der Waals surface area contributed by atoms with Gasteiger partial charge >= 0.3 is 0 Å². The fourth-order valence-electron chi connectivity index (χ4n) is 4.51. The Balaban J connectivity index is 1.70. The van der Waals surface area contributed by atoms with Gasteiger partial charge in [0.05, 0.1) is 19.1 Å². The van der Waals surface area contributed by atoms with Crippen LogP contribution >= 0.6 is 15.9 Å². The SMILES string of the molecule is COc1ccc(N(CCCC(=O)N(Cc2ccc(Br)cc2)C(C)C(=O)NC2CCCC2)S(C)(=O)=O)cc1. The third kappa shape index (κ3) is 8.46. The second-order valence-electron chi connectivity index (χ2n) is 9.45. The Bertz CT molecular complexity index is 1150. The first-order valence-electron chi connectivity index (χ1n) is 12.5. The molecule has 2 aromatic rings. The Morgan fingerprint density at radius 2 is 1.70 bits per heavy atom. The van der Waals surface area contributed by atoms with Crippen molar-refractivity contribution in [1.82, 2.24) is 10.2 Å². The summed E-state index contributed by atoms with van der Waals surface area (Å²) < 4.78 is 32.3. The third-order valence-corrected chi connectivity index (χ3v) is 8.37. The largest absolute Gasteiger partial charge is 0.497 e. The fourth-order valence-corrected chi connectivity index (χ4v) is 5.74. The molecule has 1 fully saturated rings. The minimum atomic E-state index is -3.55. The molecule has 202 valence electrons. The zero-order chi connectivity index (χ0) is 27.0. The normalized spacial score (nSPS) is 14.7. The predicted octanol–water partition coefficient (Wildman–Crippen LogP) is 4.48. The molecule has 2 aromatic carbocycles. The van der Waals surface area contributed by atoms with Gasteiger partial charge in [0.15, 0.2) is 0 Å². The molecular weight excluding hydrogens is 558 g/mol. The van der Waals surface area contributed by atoms with Crippen molar-refractivity contribution in [3.63, 3.8) is 0 Å². The second-order valence-corrected chi connectivity index (χ2v) is 12.3. The molecule has 1 aliphatic carbocycles. The molecule has 0 saturated heterocycles. The molecule has 3 rings (SSSR count). The zero-order valence-electron chi connectivity index (χ0n) is 21.7. The average molecular weight is 595 g/mol. The van der Waals surface area contributed by atoms with Crippen molar-refractivity contribution < 1.29 is 22.7 Å². The summed E-state index contributed by atoms with van der Waals surface area (Å²) in [6.45, 7) is 2.19. The highest BCUT2D eigenvalue weighted by Gasteiger charge is 2.28. The quantitative estimate of drug-likeness (QED) is 0.391. The third-order valence-electron chi connectivity index (χ3n) is 6.65. The molecule has 10 heteroatoms. The smallest absolute Gasteiger partial charge is 0.242 e. The maximum Gasteiger partial charge on any atom is 0.242 e. The molecule has 1 unspecified atom stereocenters. The number of nitrogens with one attached hydrogen (secondary N) is 1. The Morgan fingerprint density at radius 1 is 1.08 bits per heavy atom. The van der Waals surface area contributed by atoms with Crippen LogP contribution in [0.1, 0.15) is 51.0 Å². The van der Waals surface area contributed by atoms with E-state index in [9.17, 15) is 18.0 Å². The highest BCUT2D eigenvalue weighted by atomic mass is 79.9. The number of rotatable bonds is 12. The number of sulfonamides is 1.